The van der Waals surface area contributed by atoms with Gasteiger partial charge in [0.25, 0.3) is 0 Å². The van der Waals surface area contributed by atoms with E-state index in [2.05, 4.69) is 0 Å². The summed E-state index contributed by atoms with van der Waals surface area (Å²) in [5.74, 6) is -1.86. The number of aromatic hydroxyl groups is 1. The molecule has 0 heterocycles. The molecule has 1 aliphatic carbocycles. The highest BCUT2D eigenvalue weighted by atomic mass is 35.5. The Morgan fingerprint density at radius 2 is 1.50 bits per heavy atom. The van der Waals surface area contributed by atoms with Gasteiger partial charge in [-0.15, -0.1) is 0 Å². The van der Waals surface area contributed by atoms with Crippen LogP contribution in [-0.2, 0) is 5.60 Å². The Hall–Kier alpha value is -2.17. The van der Waals surface area contributed by atoms with Crippen molar-refractivity contribution in [3.8, 4) is 5.75 Å². The Bertz CT molecular complexity index is 716. The van der Waals surface area contributed by atoms with Gasteiger partial charge in [-0.25, -0.2) is 0 Å². The molecule has 0 aromatic heterocycles. The molecule has 0 amide bonds. The summed E-state index contributed by atoms with van der Waals surface area (Å²) in [5.41, 5.74) is -2.34. The van der Waals surface area contributed by atoms with E-state index in [0.717, 1.165) is 0 Å². The van der Waals surface area contributed by atoms with Crippen LogP contribution in [0.3, 0.4) is 0 Å². The standard InChI is InChI=1S/C15H9ClO4/c16-8-5-6-12(17)11(7-8)15(20)13(18)9-3-1-2-4-10(9)14(15)19/h1-7,17,20H. The van der Waals surface area contributed by atoms with Crippen molar-refractivity contribution in [3.63, 3.8) is 0 Å². The van der Waals surface area contributed by atoms with E-state index in [0.29, 0.717) is 0 Å². The fourth-order valence-corrected chi connectivity index (χ4v) is 2.59. The number of fused-ring (bicyclic) bond motifs is 1. The smallest absolute Gasteiger partial charge is 0.220 e. The molecule has 2 aromatic rings. The van der Waals surface area contributed by atoms with Gasteiger partial charge in [-0.1, -0.05) is 35.9 Å². The van der Waals surface area contributed by atoms with Crippen molar-refractivity contribution < 1.29 is 19.8 Å². The largest absolute Gasteiger partial charge is 0.508 e. The summed E-state index contributed by atoms with van der Waals surface area (Å²) in [4.78, 5) is 24.7. The van der Waals surface area contributed by atoms with Gasteiger partial charge in [0.05, 0.1) is 0 Å². The Labute approximate surface area is 119 Å². The number of phenols is 1. The third kappa shape index (κ3) is 1.52. The predicted molar refractivity (Wildman–Crippen MR) is 72.1 cm³/mol. The van der Waals surface area contributed by atoms with Gasteiger partial charge in [-0.2, -0.15) is 0 Å². The maximum atomic E-state index is 12.4. The molecule has 2 aromatic carbocycles. The van der Waals surface area contributed by atoms with Crippen molar-refractivity contribution in [1.82, 2.24) is 0 Å². The lowest BCUT2D eigenvalue weighted by atomic mass is 9.88. The monoisotopic (exact) mass is 288 g/mol. The van der Waals surface area contributed by atoms with Gasteiger partial charge in [-0.05, 0) is 18.2 Å². The van der Waals surface area contributed by atoms with E-state index in [1.54, 1.807) is 12.1 Å². The number of phenolic OH excluding ortho intramolecular Hbond substituents is 1. The zero-order valence-electron chi connectivity index (χ0n) is 10.1. The van der Waals surface area contributed by atoms with Crippen LogP contribution in [0.2, 0.25) is 5.02 Å². The first-order chi connectivity index (χ1) is 9.46. The Kier molecular flexibility index (Phi) is 2.67. The number of halogens is 1. The minimum absolute atomic E-state index is 0.138. The second-order valence-corrected chi connectivity index (χ2v) is 5.01. The van der Waals surface area contributed by atoms with Crippen molar-refractivity contribution in [2.24, 2.45) is 0 Å². The maximum Gasteiger partial charge on any atom is 0.220 e. The fraction of sp³-hybridized carbons (Fsp3) is 0.0667. The van der Waals surface area contributed by atoms with E-state index in [1.807, 2.05) is 0 Å². The van der Waals surface area contributed by atoms with Crippen molar-refractivity contribution in [2.75, 3.05) is 0 Å². The molecule has 0 fully saturated rings. The number of hydrogen-bond donors (Lipinski definition) is 2. The van der Waals surface area contributed by atoms with Crippen molar-refractivity contribution in [3.05, 3.63) is 64.2 Å². The van der Waals surface area contributed by atoms with Gasteiger partial charge < -0.3 is 10.2 Å². The maximum absolute atomic E-state index is 12.4. The highest BCUT2D eigenvalue weighted by Gasteiger charge is 2.54. The van der Waals surface area contributed by atoms with E-state index in [4.69, 9.17) is 11.6 Å². The Morgan fingerprint density at radius 3 is 2.05 bits per heavy atom. The molecule has 20 heavy (non-hydrogen) atoms. The second-order valence-electron chi connectivity index (χ2n) is 4.58. The molecule has 1 aliphatic rings. The molecule has 0 saturated carbocycles. The SMILES string of the molecule is O=C1c2ccccc2C(=O)C1(O)c1cc(Cl)ccc1O. The number of carbonyl (C=O) groups excluding carboxylic acids is 2. The molecule has 0 bridgehead atoms. The first-order valence-electron chi connectivity index (χ1n) is 5.86. The van der Waals surface area contributed by atoms with Gasteiger partial charge in [0.15, 0.2) is 0 Å². The number of carbonyl (C=O) groups is 2. The molecule has 0 saturated heterocycles. The lowest BCUT2D eigenvalue weighted by Crippen LogP contribution is -2.38. The fourth-order valence-electron chi connectivity index (χ4n) is 2.41. The molecule has 5 heteroatoms. The van der Waals surface area contributed by atoms with Crippen LogP contribution in [0.25, 0.3) is 0 Å². The van der Waals surface area contributed by atoms with E-state index in [1.165, 1.54) is 30.3 Å². The molecular weight excluding hydrogens is 280 g/mol. The molecule has 0 atom stereocenters. The summed E-state index contributed by atoms with van der Waals surface area (Å²) < 4.78 is 0. The average Bonchev–Trinajstić information content (AvgIpc) is 2.65. The van der Waals surface area contributed by atoms with Gasteiger partial charge >= 0.3 is 0 Å². The van der Waals surface area contributed by atoms with E-state index in [-0.39, 0.29) is 27.5 Å². The minimum atomic E-state index is -2.42. The van der Waals surface area contributed by atoms with Gasteiger partial charge in [-0.3, -0.25) is 9.59 Å². The Balaban J connectivity index is 2.27. The van der Waals surface area contributed by atoms with Crippen LogP contribution >= 0.6 is 11.6 Å². The third-order valence-electron chi connectivity index (χ3n) is 3.42. The first kappa shape index (κ1) is 12.8. The van der Waals surface area contributed by atoms with Crippen molar-refractivity contribution in [1.29, 1.82) is 0 Å². The third-order valence-corrected chi connectivity index (χ3v) is 3.66. The van der Waals surface area contributed by atoms with E-state index < -0.39 is 17.2 Å². The number of hydrogen-bond acceptors (Lipinski definition) is 4. The number of Topliss-reactive ketones (excluding diaryl/α,β-unsaturated/α-hetero) is 2. The van der Waals surface area contributed by atoms with E-state index in [9.17, 15) is 19.8 Å². The summed E-state index contributed by atoms with van der Waals surface area (Å²) in [5, 5.41) is 20.7. The molecule has 4 nitrogen and oxygen atoms in total. The zero-order chi connectivity index (χ0) is 14.5. The first-order valence-corrected chi connectivity index (χ1v) is 6.24. The predicted octanol–water partition coefficient (Wildman–Crippen LogP) is 2.31. The molecule has 3 rings (SSSR count). The van der Waals surface area contributed by atoms with Gasteiger partial charge in [0.2, 0.25) is 17.2 Å². The van der Waals surface area contributed by atoms with Gasteiger partial charge in [0.1, 0.15) is 5.75 Å². The molecule has 100 valence electrons. The Morgan fingerprint density at radius 1 is 0.950 bits per heavy atom. The molecule has 0 unspecified atom stereocenters. The van der Waals surface area contributed by atoms with Crippen LogP contribution in [0.5, 0.6) is 5.75 Å². The lowest BCUT2D eigenvalue weighted by molar-refractivity contribution is 0.0312. The van der Waals surface area contributed by atoms with Crippen LogP contribution in [0.15, 0.2) is 42.5 Å². The number of rotatable bonds is 1. The van der Waals surface area contributed by atoms with Crippen LogP contribution in [-0.4, -0.2) is 21.8 Å². The lowest BCUT2D eigenvalue weighted by Gasteiger charge is -2.20. The second kappa shape index (κ2) is 4.16. The minimum Gasteiger partial charge on any atom is -0.508 e. The van der Waals surface area contributed by atoms with Crippen molar-refractivity contribution in [2.45, 2.75) is 5.60 Å². The summed E-state index contributed by atoms with van der Waals surface area (Å²) >= 11 is 5.82. The molecule has 2 N–H and O–H groups in total. The summed E-state index contributed by atoms with van der Waals surface area (Å²) in [6.45, 7) is 0. The topological polar surface area (TPSA) is 74.6 Å². The van der Waals surface area contributed by atoms with Crippen LogP contribution in [0.4, 0.5) is 0 Å². The molecule has 0 spiro atoms. The molecule has 0 aliphatic heterocycles. The van der Waals surface area contributed by atoms with Crippen LogP contribution < -0.4 is 0 Å². The average molecular weight is 289 g/mol. The van der Waals surface area contributed by atoms with Gasteiger partial charge in [0, 0.05) is 21.7 Å². The zero-order valence-corrected chi connectivity index (χ0v) is 10.9. The summed E-state index contributed by atoms with van der Waals surface area (Å²) in [6, 6.07) is 10.0. The quantitative estimate of drug-likeness (QED) is 0.790. The highest BCUT2D eigenvalue weighted by Crippen LogP contribution is 2.41. The van der Waals surface area contributed by atoms with E-state index >= 15 is 0 Å². The van der Waals surface area contributed by atoms with Crippen LogP contribution in [0.1, 0.15) is 26.3 Å². The van der Waals surface area contributed by atoms with Crippen molar-refractivity contribution >= 4 is 23.2 Å². The summed E-state index contributed by atoms with van der Waals surface area (Å²) in [6.07, 6.45) is 0. The number of benzene rings is 2. The number of ketones is 2. The molecular formula is C15H9ClO4. The van der Waals surface area contributed by atoms with Crippen LogP contribution in [0, 0.1) is 0 Å². The summed E-state index contributed by atoms with van der Waals surface area (Å²) in [7, 11) is 0. The molecule has 0 radical (unpaired) electrons. The normalized spacial score (nSPS) is 16.3. The number of aliphatic hydroxyl groups is 1. The highest BCUT2D eigenvalue weighted by molar-refractivity contribution is 6.33.